The number of hydrogen-bond acceptors (Lipinski definition) is 3. The van der Waals surface area contributed by atoms with Gasteiger partial charge in [0.1, 0.15) is 0 Å². The average molecular weight is 282 g/mol. The predicted molar refractivity (Wildman–Crippen MR) is 80.5 cm³/mol. The Labute approximate surface area is 122 Å². The van der Waals surface area contributed by atoms with Gasteiger partial charge in [0.05, 0.1) is 6.10 Å². The molecule has 2 fully saturated rings. The van der Waals surface area contributed by atoms with E-state index in [4.69, 9.17) is 0 Å². The maximum Gasteiger partial charge on any atom is 0.225 e. The molecule has 2 N–H and O–H groups in total. The summed E-state index contributed by atoms with van der Waals surface area (Å²) in [6.45, 7) is 5.82. The lowest BCUT2D eigenvalue weighted by Gasteiger charge is -2.38. The van der Waals surface area contributed by atoms with E-state index in [9.17, 15) is 9.90 Å². The van der Waals surface area contributed by atoms with Crippen LogP contribution in [0.1, 0.15) is 58.8 Å². The van der Waals surface area contributed by atoms with Crippen LogP contribution in [0.15, 0.2) is 0 Å². The second-order valence-corrected chi connectivity index (χ2v) is 6.75. The van der Waals surface area contributed by atoms with Crippen LogP contribution in [0.2, 0.25) is 0 Å². The lowest BCUT2D eigenvalue weighted by molar-refractivity contribution is -0.138. The van der Waals surface area contributed by atoms with Crippen molar-refractivity contribution in [3.63, 3.8) is 0 Å². The van der Waals surface area contributed by atoms with Crippen molar-refractivity contribution in [1.82, 2.24) is 10.2 Å². The maximum absolute atomic E-state index is 12.3. The van der Waals surface area contributed by atoms with E-state index in [1.54, 1.807) is 0 Å². The molecule has 0 aromatic carbocycles. The Kier molecular flexibility index (Phi) is 5.85. The molecule has 0 aromatic heterocycles. The van der Waals surface area contributed by atoms with E-state index in [-0.39, 0.29) is 12.0 Å². The van der Waals surface area contributed by atoms with Crippen molar-refractivity contribution in [2.45, 2.75) is 77.0 Å². The monoisotopic (exact) mass is 282 g/mol. The molecule has 1 aliphatic heterocycles. The Balaban J connectivity index is 1.81. The summed E-state index contributed by atoms with van der Waals surface area (Å²) in [4.78, 5) is 14.4. The second kappa shape index (κ2) is 7.41. The molecule has 0 bridgehead atoms. The summed E-state index contributed by atoms with van der Waals surface area (Å²) in [6, 6.07) is 0.891. The minimum atomic E-state index is -0.0956. The molecular formula is C16H30N2O2. The van der Waals surface area contributed by atoms with Gasteiger partial charge >= 0.3 is 0 Å². The third-order valence-electron chi connectivity index (χ3n) is 4.74. The molecule has 1 saturated heterocycles. The highest BCUT2D eigenvalue weighted by atomic mass is 16.3. The van der Waals surface area contributed by atoms with E-state index >= 15 is 0 Å². The zero-order valence-corrected chi connectivity index (χ0v) is 13.0. The van der Waals surface area contributed by atoms with E-state index in [0.717, 1.165) is 51.6 Å². The van der Waals surface area contributed by atoms with E-state index in [1.807, 2.05) is 13.8 Å². The molecule has 1 unspecified atom stereocenters. The third kappa shape index (κ3) is 4.19. The summed E-state index contributed by atoms with van der Waals surface area (Å²) < 4.78 is 0. The first-order valence-electron chi connectivity index (χ1n) is 8.30. The number of piperidine rings is 1. The Morgan fingerprint density at radius 2 is 1.90 bits per heavy atom. The zero-order valence-electron chi connectivity index (χ0n) is 13.0. The molecule has 2 aliphatic rings. The van der Waals surface area contributed by atoms with Gasteiger partial charge in [-0.05, 0) is 44.9 Å². The van der Waals surface area contributed by atoms with Crippen molar-refractivity contribution in [3.05, 3.63) is 0 Å². The quantitative estimate of drug-likeness (QED) is 0.828. The normalized spacial score (nSPS) is 31.6. The maximum atomic E-state index is 12.3. The van der Waals surface area contributed by atoms with E-state index in [0.29, 0.717) is 18.0 Å². The van der Waals surface area contributed by atoms with Gasteiger partial charge in [0, 0.05) is 31.1 Å². The molecule has 0 spiro atoms. The lowest BCUT2D eigenvalue weighted by Crippen LogP contribution is -2.51. The van der Waals surface area contributed by atoms with Crippen molar-refractivity contribution < 1.29 is 9.90 Å². The van der Waals surface area contributed by atoms with E-state index in [2.05, 4.69) is 10.2 Å². The molecule has 116 valence electrons. The van der Waals surface area contributed by atoms with Gasteiger partial charge in [-0.25, -0.2) is 0 Å². The average Bonchev–Trinajstić information content (AvgIpc) is 2.46. The highest BCUT2D eigenvalue weighted by Crippen LogP contribution is 2.21. The topological polar surface area (TPSA) is 52.6 Å². The first-order valence-corrected chi connectivity index (χ1v) is 8.30. The largest absolute Gasteiger partial charge is 0.393 e. The smallest absolute Gasteiger partial charge is 0.225 e. The van der Waals surface area contributed by atoms with Gasteiger partial charge < -0.3 is 15.3 Å². The molecule has 2 rings (SSSR count). The lowest BCUT2D eigenvalue weighted by atomic mass is 9.92. The summed E-state index contributed by atoms with van der Waals surface area (Å²) in [5, 5.41) is 13.2. The molecule has 1 heterocycles. The number of carbonyl (C=O) groups is 1. The number of nitrogens with one attached hydrogen (secondary N) is 1. The number of rotatable bonds is 4. The number of aliphatic hydroxyl groups is 1. The highest BCUT2D eigenvalue weighted by molar-refractivity contribution is 5.78. The fourth-order valence-electron chi connectivity index (χ4n) is 3.42. The molecule has 20 heavy (non-hydrogen) atoms. The van der Waals surface area contributed by atoms with Crippen LogP contribution in [-0.4, -0.2) is 47.2 Å². The van der Waals surface area contributed by atoms with Crippen LogP contribution in [0.25, 0.3) is 0 Å². The summed E-state index contributed by atoms with van der Waals surface area (Å²) in [6.07, 6.45) is 7.36. The fourth-order valence-corrected chi connectivity index (χ4v) is 3.42. The zero-order chi connectivity index (χ0) is 14.5. The van der Waals surface area contributed by atoms with Gasteiger partial charge in [-0.2, -0.15) is 0 Å². The Hall–Kier alpha value is -0.610. The van der Waals surface area contributed by atoms with Gasteiger partial charge in [-0.15, -0.1) is 0 Å². The summed E-state index contributed by atoms with van der Waals surface area (Å²) in [7, 11) is 0. The predicted octanol–water partition coefficient (Wildman–Crippen LogP) is 1.92. The van der Waals surface area contributed by atoms with Crippen LogP contribution >= 0.6 is 0 Å². The number of likely N-dealkylation sites (tertiary alicyclic amines) is 1. The Morgan fingerprint density at radius 3 is 2.55 bits per heavy atom. The van der Waals surface area contributed by atoms with Crippen LogP contribution in [0.5, 0.6) is 0 Å². The Bertz CT molecular complexity index is 312. The van der Waals surface area contributed by atoms with E-state index in [1.165, 1.54) is 6.42 Å². The minimum absolute atomic E-state index is 0.0956. The number of aliphatic hydroxyl groups excluding tert-OH is 1. The minimum Gasteiger partial charge on any atom is -0.393 e. The van der Waals surface area contributed by atoms with Crippen molar-refractivity contribution in [2.75, 3.05) is 13.1 Å². The summed E-state index contributed by atoms with van der Waals surface area (Å²) in [5.41, 5.74) is 0. The number of amides is 1. The standard InChI is InChI=1S/C16H30N2O2/c1-12(2)16(20)18-10-4-3-5-14(18)11-17-13-6-8-15(19)9-7-13/h12-15,17,19H,3-11H2,1-2H3. The summed E-state index contributed by atoms with van der Waals surface area (Å²) >= 11 is 0. The van der Waals surface area contributed by atoms with Crippen LogP contribution in [0.4, 0.5) is 0 Å². The first-order chi connectivity index (χ1) is 9.58. The Morgan fingerprint density at radius 1 is 1.20 bits per heavy atom. The number of hydrogen-bond donors (Lipinski definition) is 2. The molecule has 0 aromatic rings. The molecule has 1 saturated carbocycles. The molecule has 1 aliphatic carbocycles. The van der Waals surface area contributed by atoms with Gasteiger partial charge in [-0.1, -0.05) is 13.8 Å². The third-order valence-corrected chi connectivity index (χ3v) is 4.74. The van der Waals surface area contributed by atoms with Crippen LogP contribution in [0, 0.1) is 5.92 Å². The van der Waals surface area contributed by atoms with E-state index < -0.39 is 0 Å². The van der Waals surface area contributed by atoms with Crippen molar-refractivity contribution >= 4 is 5.91 Å². The molecule has 1 amide bonds. The molecule has 4 heteroatoms. The van der Waals surface area contributed by atoms with Crippen molar-refractivity contribution in [2.24, 2.45) is 5.92 Å². The molecule has 1 atom stereocenters. The van der Waals surface area contributed by atoms with Crippen LogP contribution in [-0.2, 0) is 4.79 Å². The van der Waals surface area contributed by atoms with Crippen molar-refractivity contribution in [3.8, 4) is 0 Å². The molecule has 4 nitrogen and oxygen atoms in total. The first kappa shape index (κ1) is 15.8. The highest BCUT2D eigenvalue weighted by Gasteiger charge is 2.29. The summed E-state index contributed by atoms with van der Waals surface area (Å²) in [5.74, 6) is 0.399. The van der Waals surface area contributed by atoms with Gasteiger partial charge in [0.15, 0.2) is 0 Å². The van der Waals surface area contributed by atoms with Gasteiger partial charge in [0.25, 0.3) is 0 Å². The molecule has 0 radical (unpaired) electrons. The molecular weight excluding hydrogens is 252 g/mol. The number of carbonyl (C=O) groups excluding carboxylic acids is 1. The van der Waals surface area contributed by atoms with Gasteiger partial charge in [0.2, 0.25) is 5.91 Å². The van der Waals surface area contributed by atoms with Gasteiger partial charge in [-0.3, -0.25) is 4.79 Å². The van der Waals surface area contributed by atoms with Crippen LogP contribution < -0.4 is 5.32 Å². The van der Waals surface area contributed by atoms with Crippen molar-refractivity contribution in [1.29, 1.82) is 0 Å². The second-order valence-electron chi connectivity index (χ2n) is 6.75. The fraction of sp³-hybridized carbons (Fsp3) is 0.938. The SMILES string of the molecule is CC(C)C(=O)N1CCCCC1CNC1CCC(O)CC1. The van der Waals surface area contributed by atoms with Crippen LogP contribution in [0.3, 0.4) is 0 Å². The number of nitrogens with zero attached hydrogens (tertiary/aromatic N) is 1.